The van der Waals surface area contributed by atoms with Gasteiger partial charge in [0.1, 0.15) is 5.25 Å². The Morgan fingerprint density at radius 2 is 2.33 bits per heavy atom. The first-order chi connectivity index (χ1) is 8.47. The van der Waals surface area contributed by atoms with E-state index in [-0.39, 0.29) is 5.56 Å². The fourth-order valence-electron chi connectivity index (χ4n) is 2.05. The Hall–Kier alpha value is -1.30. The van der Waals surface area contributed by atoms with Gasteiger partial charge in [0.05, 0.1) is 5.69 Å². The van der Waals surface area contributed by atoms with E-state index in [4.69, 9.17) is 5.11 Å². The third kappa shape index (κ3) is 2.75. The Morgan fingerprint density at radius 3 is 3.00 bits per heavy atom. The van der Waals surface area contributed by atoms with Gasteiger partial charge >= 0.3 is 5.97 Å². The van der Waals surface area contributed by atoms with Gasteiger partial charge in [-0.3, -0.25) is 9.59 Å². The molecule has 1 aliphatic rings. The summed E-state index contributed by atoms with van der Waals surface area (Å²) in [6.07, 6.45) is 2.59. The van der Waals surface area contributed by atoms with Crippen LogP contribution in [0.15, 0.2) is 9.95 Å². The summed E-state index contributed by atoms with van der Waals surface area (Å²) in [6, 6.07) is 0. The molecule has 6 heteroatoms. The van der Waals surface area contributed by atoms with E-state index in [9.17, 15) is 9.59 Å². The first-order valence-electron chi connectivity index (χ1n) is 5.99. The molecule has 2 rings (SSSR count). The van der Waals surface area contributed by atoms with Crippen LogP contribution in [0, 0.1) is 5.92 Å². The fourth-order valence-corrected chi connectivity index (χ4v) is 2.80. The standard InChI is InChI=1S/C12H16N2O3S/c1-6-3-4-9-8(5-6)10(15)14-12(13-9)18-7(2)11(16)17/h6-7H,3-5H2,1-2H3,(H,16,17)(H,13,14,15). The molecule has 5 nitrogen and oxygen atoms in total. The Labute approximate surface area is 109 Å². The highest BCUT2D eigenvalue weighted by molar-refractivity contribution is 8.00. The maximum atomic E-state index is 11.9. The van der Waals surface area contributed by atoms with Crippen molar-refractivity contribution in [1.29, 1.82) is 0 Å². The van der Waals surface area contributed by atoms with Gasteiger partial charge in [-0.15, -0.1) is 0 Å². The monoisotopic (exact) mass is 268 g/mol. The number of carbonyl (C=O) groups is 1. The number of carboxylic acids is 1. The van der Waals surface area contributed by atoms with E-state index in [0.29, 0.717) is 11.1 Å². The number of fused-ring (bicyclic) bond motifs is 1. The number of aromatic nitrogens is 2. The molecule has 2 N–H and O–H groups in total. The molecule has 0 radical (unpaired) electrons. The summed E-state index contributed by atoms with van der Waals surface area (Å²) >= 11 is 1.07. The summed E-state index contributed by atoms with van der Waals surface area (Å²) in [5, 5.41) is 8.63. The second kappa shape index (κ2) is 5.14. The molecule has 0 bridgehead atoms. The number of hydrogen-bond acceptors (Lipinski definition) is 4. The lowest BCUT2D eigenvalue weighted by Crippen LogP contribution is -2.25. The maximum Gasteiger partial charge on any atom is 0.316 e. The molecule has 0 aromatic carbocycles. The first-order valence-corrected chi connectivity index (χ1v) is 6.87. The second-order valence-electron chi connectivity index (χ2n) is 4.74. The highest BCUT2D eigenvalue weighted by Crippen LogP contribution is 2.24. The largest absolute Gasteiger partial charge is 0.480 e. The Balaban J connectivity index is 2.28. The van der Waals surface area contributed by atoms with Crippen LogP contribution >= 0.6 is 11.8 Å². The van der Waals surface area contributed by atoms with Crippen LogP contribution in [-0.4, -0.2) is 26.3 Å². The molecule has 0 amide bonds. The number of carboxylic acid groups (broad SMARTS) is 1. The third-order valence-electron chi connectivity index (χ3n) is 3.14. The van der Waals surface area contributed by atoms with Gasteiger partial charge in [-0.05, 0) is 32.1 Å². The predicted octanol–water partition coefficient (Wildman–Crippen LogP) is 1.46. The SMILES string of the molecule is CC1CCc2nc(SC(C)C(=O)O)[nH]c(=O)c2C1. The minimum Gasteiger partial charge on any atom is -0.480 e. The number of aromatic amines is 1. The van der Waals surface area contributed by atoms with Gasteiger partial charge in [-0.2, -0.15) is 0 Å². The minimum atomic E-state index is -0.908. The van der Waals surface area contributed by atoms with Crippen LogP contribution in [0.1, 0.15) is 31.5 Å². The molecule has 0 fully saturated rings. The van der Waals surface area contributed by atoms with Crippen molar-refractivity contribution in [3.63, 3.8) is 0 Å². The van der Waals surface area contributed by atoms with Crippen molar-refractivity contribution in [2.24, 2.45) is 5.92 Å². The molecule has 2 unspecified atom stereocenters. The van der Waals surface area contributed by atoms with Crippen LogP contribution in [0.2, 0.25) is 0 Å². The van der Waals surface area contributed by atoms with Crippen LogP contribution in [0.25, 0.3) is 0 Å². The molecular formula is C12H16N2O3S. The number of rotatable bonds is 3. The number of aliphatic carboxylic acids is 1. The third-order valence-corrected chi connectivity index (χ3v) is 4.11. The van der Waals surface area contributed by atoms with Crippen molar-refractivity contribution in [3.05, 3.63) is 21.6 Å². The molecule has 1 heterocycles. The molecule has 1 aromatic rings. The second-order valence-corrected chi connectivity index (χ2v) is 6.07. The Kier molecular flexibility index (Phi) is 3.75. The molecule has 0 spiro atoms. The maximum absolute atomic E-state index is 11.9. The number of H-pyrrole nitrogens is 1. The average Bonchev–Trinajstić information content (AvgIpc) is 2.30. The lowest BCUT2D eigenvalue weighted by Gasteiger charge is -2.20. The summed E-state index contributed by atoms with van der Waals surface area (Å²) in [5.74, 6) is -0.397. The van der Waals surface area contributed by atoms with Gasteiger partial charge in [0.15, 0.2) is 5.16 Å². The molecule has 2 atom stereocenters. The summed E-state index contributed by atoms with van der Waals surface area (Å²) in [7, 11) is 0. The molecule has 0 saturated heterocycles. The number of thioether (sulfide) groups is 1. The lowest BCUT2D eigenvalue weighted by atomic mass is 9.89. The molecule has 0 aliphatic heterocycles. The highest BCUT2D eigenvalue weighted by Gasteiger charge is 2.21. The minimum absolute atomic E-state index is 0.119. The molecule has 1 aromatic heterocycles. The topological polar surface area (TPSA) is 83.0 Å². The average molecular weight is 268 g/mol. The number of nitrogens with one attached hydrogen (secondary N) is 1. The number of aryl methyl sites for hydroxylation is 1. The van der Waals surface area contributed by atoms with Gasteiger partial charge in [0.25, 0.3) is 5.56 Å². The van der Waals surface area contributed by atoms with Gasteiger partial charge in [-0.25, -0.2) is 4.98 Å². The van der Waals surface area contributed by atoms with E-state index in [1.165, 1.54) is 0 Å². The zero-order chi connectivity index (χ0) is 13.3. The first kappa shape index (κ1) is 13.1. The van der Waals surface area contributed by atoms with E-state index in [2.05, 4.69) is 16.9 Å². The molecular weight excluding hydrogens is 252 g/mol. The van der Waals surface area contributed by atoms with Crippen LogP contribution < -0.4 is 5.56 Å². The van der Waals surface area contributed by atoms with E-state index < -0.39 is 11.2 Å². The smallest absolute Gasteiger partial charge is 0.316 e. The van der Waals surface area contributed by atoms with Crippen LogP contribution in [-0.2, 0) is 17.6 Å². The van der Waals surface area contributed by atoms with Crippen molar-refractivity contribution in [1.82, 2.24) is 9.97 Å². The van der Waals surface area contributed by atoms with Crippen molar-refractivity contribution in [2.75, 3.05) is 0 Å². The van der Waals surface area contributed by atoms with Crippen LogP contribution in [0.3, 0.4) is 0 Å². The summed E-state index contributed by atoms with van der Waals surface area (Å²) in [5.41, 5.74) is 1.48. The van der Waals surface area contributed by atoms with Gasteiger partial charge < -0.3 is 10.1 Å². The van der Waals surface area contributed by atoms with E-state index in [1.807, 2.05) is 0 Å². The fraction of sp³-hybridized carbons (Fsp3) is 0.583. The Bertz CT molecular complexity index is 527. The summed E-state index contributed by atoms with van der Waals surface area (Å²) < 4.78 is 0. The van der Waals surface area contributed by atoms with Crippen molar-refractivity contribution in [2.45, 2.75) is 43.5 Å². The van der Waals surface area contributed by atoms with E-state index in [0.717, 1.165) is 42.3 Å². The lowest BCUT2D eigenvalue weighted by molar-refractivity contribution is -0.136. The predicted molar refractivity (Wildman–Crippen MR) is 69.0 cm³/mol. The number of nitrogens with zero attached hydrogens (tertiary/aromatic N) is 1. The van der Waals surface area contributed by atoms with E-state index in [1.54, 1.807) is 6.92 Å². The van der Waals surface area contributed by atoms with E-state index >= 15 is 0 Å². The van der Waals surface area contributed by atoms with Crippen molar-refractivity contribution in [3.8, 4) is 0 Å². The molecule has 98 valence electrons. The quantitative estimate of drug-likeness (QED) is 0.640. The van der Waals surface area contributed by atoms with Gasteiger partial charge in [0, 0.05) is 5.56 Å². The van der Waals surface area contributed by atoms with Gasteiger partial charge in [-0.1, -0.05) is 18.7 Å². The summed E-state index contributed by atoms with van der Waals surface area (Å²) in [6.45, 7) is 3.70. The Morgan fingerprint density at radius 1 is 1.61 bits per heavy atom. The molecule has 18 heavy (non-hydrogen) atoms. The highest BCUT2D eigenvalue weighted by atomic mass is 32.2. The van der Waals surface area contributed by atoms with Gasteiger partial charge in [0.2, 0.25) is 0 Å². The van der Waals surface area contributed by atoms with Crippen molar-refractivity contribution >= 4 is 17.7 Å². The van der Waals surface area contributed by atoms with Crippen molar-refractivity contribution < 1.29 is 9.90 Å². The number of hydrogen-bond donors (Lipinski definition) is 2. The molecule has 1 aliphatic carbocycles. The summed E-state index contributed by atoms with van der Waals surface area (Å²) in [4.78, 5) is 29.8. The van der Waals surface area contributed by atoms with Crippen LogP contribution in [0.5, 0.6) is 0 Å². The zero-order valence-corrected chi connectivity index (χ0v) is 11.2. The molecule has 0 saturated carbocycles. The van der Waals surface area contributed by atoms with Crippen LogP contribution in [0.4, 0.5) is 0 Å². The normalized spacial score (nSPS) is 20.2. The zero-order valence-electron chi connectivity index (χ0n) is 10.4.